The first-order valence-electron chi connectivity index (χ1n) is 7.94. The number of hydrogen-bond acceptors (Lipinski definition) is 6. The molecule has 0 bridgehead atoms. The number of tetrazole rings is 1. The molecule has 0 amide bonds. The van der Waals surface area contributed by atoms with Gasteiger partial charge in [0.15, 0.2) is 0 Å². The molecule has 1 aromatic heterocycles. The molecule has 0 saturated heterocycles. The van der Waals surface area contributed by atoms with Crippen molar-refractivity contribution < 1.29 is 18.3 Å². The Morgan fingerprint density at radius 1 is 1.24 bits per heavy atom. The number of aliphatic carboxylic acids is 1. The Kier molecular flexibility index (Phi) is 6.45. The summed E-state index contributed by atoms with van der Waals surface area (Å²) in [5, 5.41) is 19.6. The maximum absolute atomic E-state index is 12.4. The first kappa shape index (κ1) is 18.8. The smallest absolute Gasteiger partial charge is 0.303 e. The van der Waals surface area contributed by atoms with Crippen molar-refractivity contribution in [2.75, 3.05) is 4.72 Å². The lowest BCUT2D eigenvalue weighted by Crippen LogP contribution is -2.14. The van der Waals surface area contributed by atoms with Crippen molar-refractivity contribution in [2.24, 2.45) is 7.05 Å². The van der Waals surface area contributed by atoms with Crippen molar-refractivity contribution in [2.45, 2.75) is 43.4 Å². The van der Waals surface area contributed by atoms with Crippen LogP contribution in [0.2, 0.25) is 0 Å². The second-order valence-corrected chi connectivity index (χ2v) is 7.35. The highest BCUT2D eigenvalue weighted by Gasteiger charge is 2.17. The molecule has 136 valence electrons. The van der Waals surface area contributed by atoms with Gasteiger partial charge in [0.05, 0.1) is 11.9 Å². The van der Waals surface area contributed by atoms with E-state index >= 15 is 0 Å². The Hall–Kier alpha value is -2.49. The van der Waals surface area contributed by atoms with Gasteiger partial charge in [-0.05, 0) is 42.2 Å². The number of unbranched alkanes of at least 4 members (excludes halogenated alkanes) is 3. The molecule has 9 nitrogen and oxygen atoms in total. The minimum Gasteiger partial charge on any atom is -0.481 e. The van der Waals surface area contributed by atoms with Gasteiger partial charge in [-0.1, -0.05) is 30.1 Å². The van der Waals surface area contributed by atoms with Crippen molar-refractivity contribution >= 4 is 21.9 Å². The Bertz CT molecular complexity index is 819. The second kappa shape index (κ2) is 8.56. The van der Waals surface area contributed by atoms with Crippen molar-refractivity contribution in [3.63, 3.8) is 0 Å². The van der Waals surface area contributed by atoms with E-state index in [1.165, 1.54) is 10.9 Å². The van der Waals surface area contributed by atoms with E-state index in [-0.39, 0.29) is 17.3 Å². The quantitative estimate of drug-likeness (QED) is 0.610. The zero-order chi connectivity index (χ0) is 18.3. The highest BCUT2D eigenvalue weighted by molar-refractivity contribution is 7.92. The predicted molar refractivity (Wildman–Crippen MR) is 90.5 cm³/mol. The van der Waals surface area contributed by atoms with Crippen LogP contribution in [0.3, 0.4) is 0 Å². The van der Waals surface area contributed by atoms with Gasteiger partial charge in [0.1, 0.15) is 0 Å². The number of benzene rings is 1. The van der Waals surface area contributed by atoms with Gasteiger partial charge < -0.3 is 5.11 Å². The molecule has 0 fully saturated rings. The van der Waals surface area contributed by atoms with Crippen LogP contribution >= 0.6 is 0 Å². The van der Waals surface area contributed by atoms with Crippen LogP contribution in [0.1, 0.15) is 37.7 Å². The Morgan fingerprint density at radius 3 is 2.68 bits per heavy atom. The number of hydrogen-bond donors (Lipinski definition) is 2. The molecule has 0 atom stereocenters. The highest BCUT2D eigenvalue weighted by atomic mass is 32.2. The molecule has 0 aliphatic rings. The normalized spacial score (nSPS) is 11.4. The third kappa shape index (κ3) is 6.14. The summed E-state index contributed by atoms with van der Waals surface area (Å²) in [6.07, 6.45) is 4.23. The van der Waals surface area contributed by atoms with E-state index in [1.54, 1.807) is 19.2 Å². The molecular formula is C15H21N5O4S. The fourth-order valence-corrected chi connectivity index (χ4v) is 3.34. The Morgan fingerprint density at radius 2 is 2.00 bits per heavy atom. The summed E-state index contributed by atoms with van der Waals surface area (Å²) in [5.74, 6) is -0.852. The van der Waals surface area contributed by atoms with Gasteiger partial charge in [-0.25, -0.2) is 13.1 Å². The van der Waals surface area contributed by atoms with Gasteiger partial charge in [0, 0.05) is 6.42 Å². The van der Waals surface area contributed by atoms with Gasteiger partial charge in [0.2, 0.25) is 0 Å². The van der Waals surface area contributed by atoms with E-state index in [9.17, 15) is 13.2 Å². The SMILES string of the molecule is Cn1nnc(NS(=O)(=O)c2cccc(CCCCCCC(=O)O)c2)n1. The van der Waals surface area contributed by atoms with E-state index in [1.807, 2.05) is 6.07 Å². The lowest BCUT2D eigenvalue weighted by Gasteiger charge is -2.07. The van der Waals surface area contributed by atoms with Gasteiger partial charge in [-0.3, -0.25) is 4.79 Å². The second-order valence-electron chi connectivity index (χ2n) is 5.66. The van der Waals surface area contributed by atoms with E-state index in [2.05, 4.69) is 20.1 Å². The van der Waals surface area contributed by atoms with Crippen molar-refractivity contribution in [3.05, 3.63) is 29.8 Å². The summed E-state index contributed by atoms with van der Waals surface area (Å²) in [6.45, 7) is 0. The number of nitrogens with one attached hydrogen (secondary N) is 1. The predicted octanol–water partition coefficient (Wildman–Crippen LogP) is 1.59. The molecule has 25 heavy (non-hydrogen) atoms. The summed E-state index contributed by atoms with van der Waals surface area (Å²) in [5.41, 5.74) is 0.910. The van der Waals surface area contributed by atoms with Crippen LogP contribution in [-0.4, -0.2) is 39.7 Å². The van der Waals surface area contributed by atoms with Gasteiger partial charge in [-0.2, -0.15) is 4.80 Å². The topological polar surface area (TPSA) is 127 Å². The molecule has 1 aromatic carbocycles. The molecule has 2 N–H and O–H groups in total. The average Bonchev–Trinajstić information content (AvgIpc) is 2.95. The lowest BCUT2D eigenvalue weighted by molar-refractivity contribution is -0.137. The van der Waals surface area contributed by atoms with Gasteiger partial charge in [0.25, 0.3) is 16.0 Å². The van der Waals surface area contributed by atoms with E-state index in [0.29, 0.717) is 6.42 Å². The largest absolute Gasteiger partial charge is 0.481 e. The van der Waals surface area contributed by atoms with Crippen LogP contribution in [0.4, 0.5) is 5.95 Å². The van der Waals surface area contributed by atoms with Crippen molar-refractivity contribution in [3.8, 4) is 0 Å². The Labute approximate surface area is 146 Å². The number of carboxylic acids is 1. The van der Waals surface area contributed by atoms with Crippen molar-refractivity contribution in [1.82, 2.24) is 20.2 Å². The summed E-state index contributed by atoms with van der Waals surface area (Å²) in [4.78, 5) is 11.7. The van der Waals surface area contributed by atoms with Crippen LogP contribution in [0.15, 0.2) is 29.2 Å². The number of sulfonamides is 1. The molecule has 0 saturated carbocycles. The minimum absolute atomic E-state index is 0.0775. The number of anilines is 1. The summed E-state index contributed by atoms with van der Waals surface area (Å²) in [7, 11) is -2.22. The number of carboxylic acid groups (broad SMARTS) is 1. The first-order chi connectivity index (χ1) is 11.9. The molecule has 0 radical (unpaired) electrons. The van der Waals surface area contributed by atoms with Gasteiger partial charge in [-0.15, -0.1) is 5.10 Å². The fourth-order valence-electron chi connectivity index (χ4n) is 2.33. The molecule has 10 heteroatoms. The van der Waals surface area contributed by atoms with Crippen LogP contribution in [0.5, 0.6) is 0 Å². The highest BCUT2D eigenvalue weighted by Crippen LogP contribution is 2.16. The number of aryl methyl sites for hydroxylation is 2. The molecule has 0 aliphatic carbocycles. The zero-order valence-electron chi connectivity index (χ0n) is 13.9. The average molecular weight is 367 g/mol. The lowest BCUT2D eigenvalue weighted by atomic mass is 10.1. The van der Waals surface area contributed by atoms with E-state index < -0.39 is 16.0 Å². The molecule has 0 spiro atoms. The maximum atomic E-state index is 12.4. The number of nitrogens with zero attached hydrogens (tertiary/aromatic N) is 4. The van der Waals surface area contributed by atoms with Crippen LogP contribution in [0, 0.1) is 0 Å². The van der Waals surface area contributed by atoms with Crippen LogP contribution in [0.25, 0.3) is 0 Å². The monoisotopic (exact) mass is 367 g/mol. The Balaban J connectivity index is 1.90. The van der Waals surface area contributed by atoms with Crippen LogP contribution < -0.4 is 4.72 Å². The number of carbonyl (C=O) groups is 1. The fraction of sp³-hybridized carbons (Fsp3) is 0.467. The molecule has 2 aromatic rings. The standard InChI is InChI=1S/C15H21N5O4S/c1-20-17-15(16-19-20)18-25(23,24)13-9-6-8-12(11-13)7-4-2-3-5-10-14(21)22/h6,8-9,11H,2-5,7,10H2,1H3,(H,17,18)(H,21,22). The third-order valence-corrected chi connectivity index (χ3v) is 4.87. The molecule has 1 heterocycles. The first-order valence-corrected chi connectivity index (χ1v) is 9.43. The molecule has 0 unspecified atom stereocenters. The van der Waals surface area contributed by atoms with E-state index in [4.69, 9.17) is 5.11 Å². The molecule has 0 aliphatic heterocycles. The van der Waals surface area contributed by atoms with E-state index in [0.717, 1.165) is 31.2 Å². The van der Waals surface area contributed by atoms with Crippen molar-refractivity contribution in [1.29, 1.82) is 0 Å². The third-order valence-electron chi connectivity index (χ3n) is 3.55. The summed E-state index contributed by atoms with van der Waals surface area (Å²) >= 11 is 0. The number of rotatable bonds is 10. The summed E-state index contributed by atoms with van der Waals surface area (Å²) < 4.78 is 27.0. The molecular weight excluding hydrogens is 346 g/mol. The minimum atomic E-state index is -3.76. The number of aromatic nitrogens is 4. The molecule has 2 rings (SSSR count). The summed E-state index contributed by atoms with van der Waals surface area (Å²) in [6, 6.07) is 6.69. The van der Waals surface area contributed by atoms with Gasteiger partial charge >= 0.3 is 5.97 Å². The van der Waals surface area contributed by atoms with Crippen LogP contribution in [-0.2, 0) is 28.3 Å². The zero-order valence-corrected chi connectivity index (χ0v) is 14.7. The maximum Gasteiger partial charge on any atom is 0.303 e.